The Bertz CT molecular complexity index is 1420. The molecule has 5 heterocycles. The minimum atomic E-state index is -2.67. The molecule has 0 aliphatic carbocycles. The SMILES string of the molecule is CC(C)N1CC(=O)N(C[C@@H]2N=C(N)N3C[C@H](NC(=O)c4cccc5c4OCCC5(C)C)C(O)(O)[C@@]34NC(N)=N[C@@H]24)C1=O. The number of benzene rings is 1. The second kappa shape index (κ2) is 9.19. The quantitative estimate of drug-likeness (QED) is 0.169. The number of imide groups is 1. The molecule has 4 atom stereocenters. The van der Waals surface area contributed by atoms with Gasteiger partial charge in [-0.05, 0) is 31.7 Å². The molecule has 226 valence electrons. The highest BCUT2D eigenvalue weighted by Gasteiger charge is 2.73. The van der Waals surface area contributed by atoms with Crippen LogP contribution in [0.15, 0.2) is 28.2 Å². The van der Waals surface area contributed by atoms with E-state index in [0.717, 1.165) is 16.9 Å². The van der Waals surface area contributed by atoms with Gasteiger partial charge >= 0.3 is 6.03 Å². The molecule has 2 fully saturated rings. The van der Waals surface area contributed by atoms with Gasteiger partial charge in [-0.1, -0.05) is 26.0 Å². The van der Waals surface area contributed by atoms with Crippen LogP contribution in [0, 0.1) is 0 Å². The van der Waals surface area contributed by atoms with E-state index in [2.05, 4.69) is 34.5 Å². The molecule has 5 aliphatic rings. The molecule has 1 spiro atoms. The average Bonchev–Trinajstić information content (AvgIpc) is 3.49. The Kier molecular flexibility index (Phi) is 6.14. The third-order valence-electron chi connectivity index (χ3n) is 9.15. The number of aliphatic imine (C=N–C) groups is 2. The monoisotopic (exact) mass is 583 g/mol. The van der Waals surface area contributed by atoms with Gasteiger partial charge in [0.05, 0.1) is 24.8 Å². The number of nitrogens with two attached hydrogens (primary N) is 2. The summed E-state index contributed by atoms with van der Waals surface area (Å²) in [4.78, 5) is 52.2. The molecule has 0 bridgehead atoms. The number of carbonyl (C=O) groups excluding carboxylic acids is 3. The van der Waals surface area contributed by atoms with Crippen LogP contribution in [0.1, 0.15) is 50.0 Å². The summed E-state index contributed by atoms with van der Waals surface area (Å²) in [5.74, 6) is -3.36. The van der Waals surface area contributed by atoms with Crippen LogP contribution in [0.3, 0.4) is 0 Å². The van der Waals surface area contributed by atoms with Crippen LogP contribution in [-0.2, 0) is 10.2 Å². The lowest BCUT2D eigenvalue weighted by Crippen LogP contribution is -2.78. The molecule has 1 aromatic rings. The van der Waals surface area contributed by atoms with Gasteiger partial charge in [-0.2, -0.15) is 0 Å². The van der Waals surface area contributed by atoms with Crippen molar-refractivity contribution in [3.8, 4) is 5.75 Å². The maximum atomic E-state index is 13.6. The summed E-state index contributed by atoms with van der Waals surface area (Å²) >= 11 is 0. The highest BCUT2D eigenvalue weighted by atomic mass is 16.5. The number of guanidine groups is 2. The van der Waals surface area contributed by atoms with Crippen LogP contribution < -0.4 is 26.8 Å². The van der Waals surface area contributed by atoms with Crippen LogP contribution >= 0.6 is 0 Å². The first kappa shape index (κ1) is 28.0. The van der Waals surface area contributed by atoms with E-state index in [1.165, 1.54) is 9.80 Å². The van der Waals surface area contributed by atoms with Crippen LogP contribution in [0.5, 0.6) is 5.75 Å². The van der Waals surface area contributed by atoms with Gasteiger partial charge in [-0.3, -0.25) is 14.5 Å². The van der Waals surface area contributed by atoms with Gasteiger partial charge in [0, 0.05) is 18.2 Å². The highest BCUT2D eigenvalue weighted by Crippen LogP contribution is 2.45. The second-order valence-corrected chi connectivity index (χ2v) is 12.4. The minimum absolute atomic E-state index is 0.0733. The van der Waals surface area contributed by atoms with Crippen molar-refractivity contribution in [2.75, 3.05) is 26.2 Å². The molecule has 0 saturated carbocycles. The molecule has 0 unspecified atom stereocenters. The zero-order chi connectivity index (χ0) is 30.4. The molecule has 1 aromatic carbocycles. The third kappa shape index (κ3) is 3.82. The van der Waals surface area contributed by atoms with Crippen molar-refractivity contribution in [3.05, 3.63) is 29.3 Å². The molecule has 4 amide bonds. The largest absolute Gasteiger partial charge is 0.492 e. The lowest BCUT2D eigenvalue weighted by molar-refractivity contribution is -0.230. The van der Waals surface area contributed by atoms with Crippen LogP contribution in [0.4, 0.5) is 4.79 Å². The van der Waals surface area contributed by atoms with Gasteiger partial charge < -0.3 is 46.9 Å². The summed E-state index contributed by atoms with van der Waals surface area (Å²) in [6.45, 7) is 7.80. The van der Waals surface area contributed by atoms with Gasteiger partial charge in [0.25, 0.3) is 5.91 Å². The van der Waals surface area contributed by atoms with Crippen molar-refractivity contribution in [2.45, 2.75) is 75.1 Å². The molecule has 0 aromatic heterocycles. The fraction of sp³-hybridized carbons (Fsp3) is 0.593. The third-order valence-corrected chi connectivity index (χ3v) is 9.15. The number of nitrogens with zero attached hydrogens (tertiary/aromatic N) is 5. The van der Waals surface area contributed by atoms with Crippen molar-refractivity contribution in [3.63, 3.8) is 0 Å². The van der Waals surface area contributed by atoms with Gasteiger partial charge in [0.15, 0.2) is 17.6 Å². The molecule has 42 heavy (non-hydrogen) atoms. The zero-order valence-corrected chi connectivity index (χ0v) is 24.0. The lowest BCUT2D eigenvalue weighted by atomic mass is 9.79. The van der Waals surface area contributed by atoms with Crippen LogP contribution in [-0.4, -0.2) is 117 Å². The first-order valence-corrected chi connectivity index (χ1v) is 14.0. The Balaban J connectivity index is 1.30. The summed E-state index contributed by atoms with van der Waals surface area (Å²) < 4.78 is 5.89. The lowest BCUT2D eigenvalue weighted by Gasteiger charge is -2.49. The number of hydrogen-bond acceptors (Lipinski definition) is 12. The molecule has 8 N–H and O–H groups in total. The Morgan fingerprint density at radius 2 is 1.98 bits per heavy atom. The van der Waals surface area contributed by atoms with Crippen molar-refractivity contribution in [1.29, 1.82) is 0 Å². The standard InChI is InChI=1S/C27H37N9O6/c1-13(2)34-12-18(37)35(24(34)39)10-16-20-26(33-22(28)32-20)27(40,41)17(11-36(26)23(29)30-16)31-21(38)14-6-5-7-15-19(14)42-9-8-25(15,3)4/h5-7,13,16-17,20,40-41H,8-12H2,1-4H3,(H2,29,30)(H,31,38)(H3,28,32,33)/t16-,17-,20-,26-/m0/s1. The van der Waals surface area contributed by atoms with E-state index in [0.29, 0.717) is 12.4 Å². The van der Waals surface area contributed by atoms with Gasteiger partial charge in [0.1, 0.15) is 24.4 Å². The fourth-order valence-electron chi connectivity index (χ4n) is 6.75. The number of fused-ring (bicyclic) bond motifs is 1. The van der Waals surface area contributed by atoms with Gasteiger partial charge in [-0.25, -0.2) is 14.8 Å². The highest BCUT2D eigenvalue weighted by molar-refractivity contribution is 6.02. The summed E-state index contributed by atoms with van der Waals surface area (Å²) in [7, 11) is 0. The van der Waals surface area contributed by atoms with E-state index in [-0.39, 0.29) is 48.6 Å². The van der Waals surface area contributed by atoms with Gasteiger partial charge in [0.2, 0.25) is 11.7 Å². The second-order valence-electron chi connectivity index (χ2n) is 12.4. The Morgan fingerprint density at radius 1 is 1.24 bits per heavy atom. The summed E-state index contributed by atoms with van der Waals surface area (Å²) in [6.07, 6.45) is 0.792. The van der Waals surface area contributed by atoms with Crippen molar-refractivity contribution in [1.82, 2.24) is 25.3 Å². The maximum absolute atomic E-state index is 13.6. The summed E-state index contributed by atoms with van der Waals surface area (Å²) in [5, 5.41) is 29.2. The van der Waals surface area contributed by atoms with E-state index in [1.54, 1.807) is 26.0 Å². The Labute approximate surface area is 242 Å². The number of amides is 4. The molecule has 6 rings (SSSR count). The Morgan fingerprint density at radius 3 is 2.67 bits per heavy atom. The molecule has 0 radical (unpaired) electrons. The fourth-order valence-corrected chi connectivity index (χ4v) is 6.75. The number of carbonyl (C=O) groups is 3. The van der Waals surface area contributed by atoms with E-state index < -0.39 is 47.4 Å². The topological polar surface area (TPSA) is 211 Å². The van der Waals surface area contributed by atoms with E-state index in [4.69, 9.17) is 16.2 Å². The molecular weight excluding hydrogens is 546 g/mol. The average molecular weight is 584 g/mol. The minimum Gasteiger partial charge on any atom is -0.492 e. The number of aliphatic hydroxyl groups is 2. The van der Waals surface area contributed by atoms with E-state index >= 15 is 0 Å². The number of ether oxygens (including phenoxy) is 1. The number of urea groups is 1. The smallest absolute Gasteiger partial charge is 0.327 e. The summed E-state index contributed by atoms with van der Waals surface area (Å²) in [5.41, 5.74) is 11.6. The first-order chi connectivity index (χ1) is 19.7. The Hall–Kier alpha value is -4.11. The van der Waals surface area contributed by atoms with Gasteiger partial charge in [-0.15, -0.1) is 0 Å². The first-order valence-electron chi connectivity index (χ1n) is 14.0. The summed E-state index contributed by atoms with van der Waals surface area (Å²) in [6, 6.07) is 1.37. The molecule has 15 nitrogen and oxygen atoms in total. The maximum Gasteiger partial charge on any atom is 0.327 e. The van der Waals surface area contributed by atoms with E-state index in [1.807, 2.05) is 6.07 Å². The predicted octanol–water partition coefficient (Wildman–Crippen LogP) is -1.81. The molecule has 5 aliphatic heterocycles. The van der Waals surface area contributed by atoms with Crippen LogP contribution in [0.25, 0.3) is 0 Å². The molecule has 2 saturated heterocycles. The molecular formula is C27H37N9O6. The number of hydrogen-bond donors (Lipinski definition) is 6. The number of rotatable bonds is 5. The molecule has 15 heteroatoms. The zero-order valence-electron chi connectivity index (χ0n) is 24.0. The predicted molar refractivity (Wildman–Crippen MR) is 150 cm³/mol. The van der Waals surface area contributed by atoms with Crippen molar-refractivity contribution >= 4 is 29.8 Å². The van der Waals surface area contributed by atoms with Crippen molar-refractivity contribution < 1.29 is 29.3 Å². The number of para-hydroxylation sites is 1. The number of nitrogens with one attached hydrogen (secondary N) is 2. The van der Waals surface area contributed by atoms with E-state index in [9.17, 15) is 24.6 Å². The van der Waals surface area contributed by atoms with Crippen LogP contribution in [0.2, 0.25) is 0 Å². The van der Waals surface area contributed by atoms with Crippen molar-refractivity contribution in [2.24, 2.45) is 21.5 Å². The normalized spacial score (nSPS) is 30.7.